The predicted octanol–water partition coefficient (Wildman–Crippen LogP) is 2.06. The number of hydrogen-bond acceptors (Lipinski definition) is 3. The van der Waals surface area contributed by atoms with Crippen molar-refractivity contribution < 1.29 is 14.6 Å². The molecule has 86 valence electrons. The molecule has 1 aliphatic carbocycles. The summed E-state index contributed by atoms with van der Waals surface area (Å²) in [7, 11) is 1.59. The molecule has 2 unspecified atom stereocenters. The van der Waals surface area contributed by atoms with Gasteiger partial charge in [-0.1, -0.05) is 6.42 Å². The van der Waals surface area contributed by atoms with Gasteiger partial charge in [0.1, 0.15) is 5.75 Å². The number of aliphatic carboxylic acids is 1. The van der Waals surface area contributed by atoms with E-state index < -0.39 is 5.97 Å². The molecule has 1 fully saturated rings. The Bertz CT molecular complexity index is 392. The fourth-order valence-corrected chi connectivity index (χ4v) is 2.40. The molecule has 0 spiro atoms. The molecule has 4 heteroatoms. The first kappa shape index (κ1) is 10.9. The van der Waals surface area contributed by atoms with E-state index >= 15 is 0 Å². The van der Waals surface area contributed by atoms with Gasteiger partial charge in [-0.15, -0.1) is 0 Å². The Morgan fingerprint density at radius 1 is 1.50 bits per heavy atom. The number of nitrogens with zero attached hydrogens (tertiary/aromatic N) is 1. The van der Waals surface area contributed by atoms with E-state index in [1.165, 1.54) is 0 Å². The zero-order valence-corrected chi connectivity index (χ0v) is 9.22. The van der Waals surface area contributed by atoms with Crippen LogP contribution in [-0.4, -0.2) is 23.2 Å². The van der Waals surface area contributed by atoms with Gasteiger partial charge in [0.2, 0.25) is 0 Å². The summed E-state index contributed by atoms with van der Waals surface area (Å²) >= 11 is 0. The molecule has 1 aromatic heterocycles. The van der Waals surface area contributed by atoms with Crippen LogP contribution in [0.4, 0.5) is 0 Å². The maximum Gasteiger partial charge on any atom is 0.307 e. The summed E-state index contributed by atoms with van der Waals surface area (Å²) in [5, 5.41) is 9.12. The molecule has 1 heterocycles. The topological polar surface area (TPSA) is 59.4 Å². The standard InChI is InChI=1S/C12H15NO3/c1-16-9-5-8(6-13-7-9)10-3-2-4-11(10)12(14)15/h5-7,10-11H,2-4H2,1H3,(H,14,15). The molecule has 0 aliphatic heterocycles. The Hall–Kier alpha value is -1.58. The van der Waals surface area contributed by atoms with Crippen molar-refractivity contribution in [3.63, 3.8) is 0 Å². The van der Waals surface area contributed by atoms with Gasteiger partial charge in [0.15, 0.2) is 0 Å². The summed E-state index contributed by atoms with van der Waals surface area (Å²) in [6, 6.07) is 1.89. The number of rotatable bonds is 3. The molecule has 0 aromatic carbocycles. The van der Waals surface area contributed by atoms with E-state index in [0.29, 0.717) is 5.75 Å². The molecule has 0 radical (unpaired) electrons. The van der Waals surface area contributed by atoms with Crippen LogP contribution in [0.5, 0.6) is 5.75 Å². The van der Waals surface area contributed by atoms with Crippen molar-refractivity contribution in [2.24, 2.45) is 5.92 Å². The van der Waals surface area contributed by atoms with Crippen molar-refractivity contribution in [1.82, 2.24) is 4.98 Å². The first-order valence-electron chi connectivity index (χ1n) is 5.44. The second kappa shape index (κ2) is 4.51. The fourth-order valence-electron chi connectivity index (χ4n) is 2.40. The van der Waals surface area contributed by atoms with Gasteiger partial charge in [0.25, 0.3) is 0 Å². The van der Waals surface area contributed by atoms with Gasteiger partial charge in [-0.05, 0) is 30.4 Å². The molecule has 2 atom stereocenters. The highest BCUT2D eigenvalue weighted by Gasteiger charge is 2.34. The Balaban J connectivity index is 2.25. The minimum Gasteiger partial charge on any atom is -0.495 e. The van der Waals surface area contributed by atoms with Crippen LogP contribution in [-0.2, 0) is 4.79 Å². The highest BCUT2D eigenvalue weighted by atomic mass is 16.5. The first-order chi connectivity index (χ1) is 7.72. The quantitative estimate of drug-likeness (QED) is 0.848. The maximum atomic E-state index is 11.1. The molecule has 2 rings (SSSR count). The third kappa shape index (κ3) is 2.01. The van der Waals surface area contributed by atoms with Crippen molar-refractivity contribution in [3.8, 4) is 5.75 Å². The number of carboxylic acids is 1. The number of carbonyl (C=O) groups is 1. The molecule has 0 saturated heterocycles. The van der Waals surface area contributed by atoms with Crippen LogP contribution in [0.15, 0.2) is 18.5 Å². The predicted molar refractivity (Wildman–Crippen MR) is 58.5 cm³/mol. The van der Waals surface area contributed by atoms with Gasteiger partial charge >= 0.3 is 5.97 Å². The number of ether oxygens (including phenoxy) is 1. The van der Waals surface area contributed by atoms with Crippen LogP contribution < -0.4 is 4.74 Å². The maximum absolute atomic E-state index is 11.1. The molecule has 1 aromatic rings. The van der Waals surface area contributed by atoms with Gasteiger partial charge in [0, 0.05) is 6.20 Å². The molecule has 1 N–H and O–H groups in total. The average molecular weight is 221 g/mol. The van der Waals surface area contributed by atoms with Crippen LogP contribution in [0.25, 0.3) is 0 Å². The van der Waals surface area contributed by atoms with Crippen LogP contribution >= 0.6 is 0 Å². The van der Waals surface area contributed by atoms with Crippen molar-refractivity contribution in [1.29, 1.82) is 0 Å². The lowest BCUT2D eigenvalue weighted by Gasteiger charge is -2.16. The number of methoxy groups -OCH3 is 1. The van der Waals surface area contributed by atoms with Crippen LogP contribution in [0.3, 0.4) is 0 Å². The molecule has 1 aliphatic rings. The van der Waals surface area contributed by atoms with Gasteiger partial charge in [-0.2, -0.15) is 0 Å². The van der Waals surface area contributed by atoms with E-state index in [1.54, 1.807) is 19.5 Å². The van der Waals surface area contributed by atoms with E-state index in [1.807, 2.05) is 6.07 Å². The number of pyridine rings is 1. The normalized spacial score (nSPS) is 24.3. The van der Waals surface area contributed by atoms with E-state index in [-0.39, 0.29) is 11.8 Å². The Kier molecular flexibility index (Phi) is 3.08. The van der Waals surface area contributed by atoms with Crippen molar-refractivity contribution in [2.45, 2.75) is 25.2 Å². The Morgan fingerprint density at radius 2 is 2.31 bits per heavy atom. The second-order valence-corrected chi connectivity index (χ2v) is 4.14. The van der Waals surface area contributed by atoms with Crippen molar-refractivity contribution in [3.05, 3.63) is 24.0 Å². The molecule has 4 nitrogen and oxygen atoms in total. The van der Waals surface area contributed by atoms with E-state index in [2.05, 4.69) is 4.98 Å². The highest BCUT2D eigenvalue weighted by Crippen LogP contribution is 2.40. The van der Waals surface area contributed by atoms with Gasteiger partial charge in [-0.3, -0.25) is 9.78 Å². The number of hydrogen-bond donors (Lipinski definition) is 1. The molecule has 1 saturated carbocycles. The third-order valence-corrected chi connectivity index (χ3v) is 3.23. The molecule has 0 amide bonds. The SMILES string of the molecule is COc1cncc(C2CCCC2C(=O)O)c1. The minimum atomic E-state index is -0.703. The van der Waals surface area contributed by atoms with Gasteiger partial charge in [-0.25, -0.2) is 0 Å². The summed E-state index contributed by atoms with van der Waals surface area (Å²) in [4.78, 5) is 15.2. The Labute approximate surface area is 94.3 Å². The number of aromatic nitrogens is 1. The average Bonchev–Trinajstić information content (AvgIpc) is 2.78. The monoisotopic (exact) mass is 221 g/mol. The summed E-state index contributed by atoms with van der Waals surface area (Å²) in [6.07, 6.45) is 6.03. The fraction of sp³-hybridized carbons (Fsp3) is 0.500. The number of carboxylic acid groups (broad SMARTS) is 1. The van der Waals surface area contributed by atoms with Crippen molar-refractivity contribution >= 4 is 5.97 Å². The summed E-state index contributed by atoms with van der Waals surface area (Å²) < 4.78 is 5.10. The zero-order valence-electron chi connectivity index (χ0n) is 9.22. The molecular weight excluding hydrogens is 206 g/mol. The molecule has 0 bridgehead atoms. The first-order valence-corrected chi connectivity index (χ1v) is 5.44. The lowest BCUT2D eigenvalue weighted by atomic mass is 9.90. The van der Waals surface area contributed by atoms with Gasteiger partial charge < -0.3 is 9.84 Å². The van der Waals surface area contributed by atoms with E-state index in [9.17, 15) is 4.79 Å². The zero-order chi connectivity index (χ0) is 11.5. The molecule has 16 heavy (non-hydrogen) atoms. The summed E-state index contributed by atoms with van der Waals surface area (Å²) in [5.41, 5.74) is 0.976. The van der Waals surface area contributed by atoms with Crippen LogP contribution in [0.2, 0.25) is 0 Å². The van der Waals surface area contributed by atoms with Crippen LogP contribution in [0, 0.1) is 5.92 Å². The molecular formula is C12H15NO3. The smallest absolute Gasteiger partial charge is 0.307 e. The lowest BCUT2D eigenvalue weighted by Crippen LogP contribution is -2.16. The second-order valence-electron chi connectivity index (χ2n) is 4.14. The third-order valence-electron chi connectivity index (χ3n) is 3.23. The van der Waals surface area contributed by atoms with Crippen LogP contribution in [0.1, 0.15) is 30.7 Å². The Morgan fingerprint density at radius 3 is 3.00 bits per heavy atom. The summed E-state index contributed by atoms with van der Waals surface area (Å²) in [5.74, 6) is -0.201. The van der Waals surface area contributed by atoms with Gasteiger partial charge in [0.05, 0.1) is 19.2 Å². The lowest BCUT2D eigenvalue weighted by molar-refractivity contribution is -0.142. The summed E-state index contributed by atoms with van der Waals surface area (Å²) in [6.45, 7) is 0. The van der Waals surface area contributed by atoms with Crippen molar-refractivity contribution in [2.75, 3.05) is 7.11 Å². The largest absolute Gasteiger partial charge is 0.495 e. The highest BCUT2D eigenvalue weighted by molar-refractivity contribution is 5.71. The van der Waals surface area contributed by atoms with E-state index in [4.69, 9.17) is 9.84 Å². The minimum absolute atomic E-state index is 0.0834. The van der Waals surface area contributed by atoms with E-state index in [0.717, 1.165) is 24.8 Å².